The number of fused-ring (bicyclic) bond motifs is 1. The Kier molecular flexibility index (Phi) is 3.87. The van der Waals surface area contributed by atoms with E-state index in [-0.39, 0.29) is 6.03 Å². The van der Waals surface area contributed by atoms with Gasteiger partial charge in [-0.3, -0.25) is 10.3 Å². The summed E-state index contributed by atoms with van der Waals surface area (Å²) in [4.78, 5) is 25.5. The van der Waals surface area contributed by atoms with Gasteiger partial charge in [0.1, 0.15) is 0 Å². The molecule has 1 aliphatic rings. The van der Waals surface area contributed by atoms with Crippen LogP contribution in [-0.2, 0) is 19.3 Å². The maximum Gasteiger partial charge on any atom is 0.320 e. The van der Waals surface area contributed by atoms with Gasteiger partial charge >= 0.3 is 6.03 Å². The summed E-state index contributed by atoms with van der Waals surface area (Å²) in [5.41, 5.74) is 1.26. The number of aromatic nitrogens is 3. The van der Waals surface area contributed by atoms with Crippen LogP contribution in [0.4, 0.5) is 10.6 Å². The normalized spacial score (nSPS) is 13.0. The predicted molar refractivity (Wildman–Crippen MR) is 76.9 cm³/mol. The van der Waals surface area contributed by atoms with Crippen molar-refractivity contribution in [2.75, 3.05) is 11.9 Å². The minimum atomic E-state index is -0.269. The molecule has 2 aromatic rings. The molecule has 104 valence electrons. The highest BCUT2D eigenvalue weighted by Crippen LogP contribution is 2.27. The van der Waals surface area contributed by atoms with Gasteiger partial charge in [0, 0.05) is 30.2 Å². The van der Waals surface area contributed by atoms with E-state index in [0.717, 1.165) is 24.3 Å². The molecule has 2 heterocycles. The zero-order chi connectivity index (χ0) is 13.8. The van der Waals surface area contributed by atoms with E-state index in [1.807, 2.05) is 0 Å². The molecule has 0 saturated carbocycles. The molecule has 0 atom stereocenters. The van der Waals surface area contributed by atoms with E-state index in [0.29, 0.717) is 12.4 Å². The first kappa shape index (κ1) is 13.0. The Balaban J connectivity index is 1.44. The standard InChI is InChI=1S/C13H15N5OS/c19-13(18-11-8-14-6-7-15-11)16-5-4-12-17-9-2-1-3-10(9)20-12/h6-8H,1-5H2,(H2,15,16,18,19). The average Bonchev–Trinajstić information content (AvgIpc) is 3.01. The van der Waals surface area contributed by atoms with Gasteiger partial charge in [-0.15, -0.1) is 11.3 Å². The molecule has 0 radical (unpaired) electrons. The monoisotopic (exact) mass is 289 g/mol. The number of nitrogens with zero attached hydrogens (tertiary/aromatic N) is 3. The van der Waals surface area contributed by atoms with Crippen LogP contribution >= 0.6 is 11.3 Å². The number of anilines is 1. The molecular weight excluding hydrogens is 274 g/mol. The number of rotatable bonds is 4. The summed E-state index contributed by atoms with van der Waals surface area (Å²) in [7, 11) is 0. The second-order valence-electron chi connectivity index (χ2n) is 4.55. The van der Waals surface area contributed by atoms with Gasteiger partial charge in [0.2, 0.25) is 0 Å². The fourth-order valence-corrected chi connectivity index (χ4v) is 3.31. The van der Waals surface area contributed by atoms with Crippen molar-refractivity contribution < 1.29 is 4.79 Å². The SMILES string of the molecule is O=C(NCCc1nc2c(s1)CCC2)Nc1cnccn1. The van der Waals surface area contributed by atoms with Crippen LogP contribution in [0.5, 0.6) is 0 Å². The van der Waals surface area contributed by atoms with Crippen LogP contribution in [0.2, 0.25) is 0 Å². The molecule has 0 saturated heterocycles. The Morgan fingerprint density at radius 3 is 3.10 bits per heavy atom. The lowest BCUT2D eigenvalue weighted by Gasteiger charge is -2.05. The van der Waals surface area contributed by atoms with E-state index >= 15 is 0 Å². The lowest BCUT2D eigenvalue weighted by atomic mass is 10.3. The van der Waals surface area contributed by atoms with Crippen molar-refractivity contribution in [2.45, 2.75) is 25.7 Å². The lowest BCUT2D eigenvalue weighted by molar-refractivity contribution is 0.252. The molecule has 20 heavy (non-hydrogen) atoms. The van der Waals surface area contributed by atoms with Gasteiger partial charge in [0.15, 0.2) is 5.82 Å². The minimum absolute atomic E-state index is 0.269. The minimum Gasteiger partial charge on any atom is -0.337 e. The predicted octanol–water partition coefficient (Wildman–Crippen LogP) is 1.79. The topological polar surface area (TPSA) is 79.8 Å². The molecular formula is C13H15N5OS. The fourth-order valence-electron chi connectivity index (χ4n) is 2.16. The van der Waals surface area contributed by atoms with Crippen LogP contribution in [0.1, 0.15) is 22.0 Å². The van der Waals surface area contributed by atoms with E-state index < -0.39 is 0 Å². The maximum atomic E-state index is 11.6. The number of carbonyl (C=O) groups is 1. The van der Waals surface area contributed by atoms with Crippen molar-refractivity contribution in [3.8, 4) is 0 Å². The van der Waals surface area contributed by atoms with E-state index in [1.165, 1.54) is 29.4 Å². The van der Waals surface area contributed by atoms with E-state index in [9.17, 15) is 4.79 Å². The molecule has 2 N–H and O–H groups in total. The molecule has 1 aliphatic carbocycles. The Labute approximate surface area is 120 Å². The molecule has 0 unspecified atom stereocenters. The van der Waals surface area contributed by atoms with E-state index in [1.54, 1.807) is 17.5 Å². The number of hydrogen-bond acceptors (Lipinski definition) is 5. The first-order valence-electron chi connectivity index (χ1n) is 6.59. The number of amides is 2. The van der Waals surface area contributed by atoms with Crippen molar-refractivity contribution in [3.05, 3.63) is 34.2 Å². The van der Waals surface area contributed by atoms with Crippen LogP contribution in [0, 0.1) is 0 Å². The fraction of sp³-hybridized carbons (Fsp3) is 0.385. The number of thiazole rings is 1. The van der Waals surface area contributed by atoms with Gasteiger partial charge in [-0.05, 0) is 19.3 Å². The van der Waals surface area contributed by atoms with Gasteiger partial charge in [0.25, 0.3) is 0 Å². The highest BCUT2D eigenvalue weighted by molar-refractivity contribution is 7.11. The molecule has 0 spiro atoms. The van der Waals surface area contributed by atoms with Gasteiger partial charge in [-0.25, -0.2) is 14.8 Å². The third-order valence-electron chi connectivity index (χ3n) is 3.07. The lowest BCUT2D eigenvalue weighted by Crippen LogP contribution is -2.30. The van der Waals surface area contributed by atoms with Crippen molar-refractivity contribution in [1.82, 2.24) is 20.3 Å². The smallest absolute Gasteiger partial charge is 0.320 e. The summed E-state index contributed by atoms with van der Waals surface area (Å²) in [6.07, 6.45) is 8.86. The quantitative estimate of drug-likeness (QED) is 0.899. The molecule has 7 heteroatoms. The molecule has 2 amide bonds. The molecule has 0 fully saturated rings. The zero-order valence-corrected chi connectivity index (χ0v) is 11.7. The van der Waals surface area contributed by atoms with Crippen LogP contribution in [0.25, 0.3) is 0 Å². The number of aryl methyl sites for hydroxylation is 2. The molecule has 3 rings (SSSR count). The van der Waals surface area contributed by atoms with Crippen LogP contribution in [0.15, 0.2) is 18.6 Å². The second-order valence-corrected chi connectivity index (χ2v) is 5.72. The molecule has 6 nitrogen and oxygen atoms in total. The van der Waals surface area contributed by atoms with E-state index in [2.05, 4.69) is 25.6 Å². The van der Waals surface area contributed by atoms with Gasteiger partial charge < -0.3 is 5.32 Å². The molecule has 2 aromatic heterocycles. The average molecular weight is 289 g/mol. The van der Waals surface area contributed by atoms with Crippen LogP contribution < -0.4 is 10.6 Å². The first-order chi connectivity index (χ1) is 9.81. The third kappa shape index (κ3) is 3.11. The highest BCUT2D eigenvalue weighted by atomic mass is 32.1. The molecule has 0 aromatic carbocycles. The van der Waals surface area contributed by atoms with Gasteiger partial charge in [0.05, 0.1) is 16.9 Å². The van der Waals surface area contributed by atoms with Crippen LogP contribution in [-0.4, -0.2) is 27.5 Å². The number of hydrogen-bond donors (Lipinski definition) is 2. The van der Waals surface area contributed by atoms with Crippen molar-refractivity contribution >= 4 is 23.2 Å². The Morgan fingerprint density at radius 1 is 1.35 bits per heavy atom. The summed E-state index contributed by atoms with van der Waals surface area (Å²) < 4.78 is 0. The third-order valence-corrected chi connectivity index (χ3v) is 4.29. The second kappa shape index (κ2) is 5.96. The number of nitrogens with one attached hydrogen (secondary N) is 2. The summed E-state index contributed by atoms with van der Waals surface area (Å²) >= 11 is 1.77. The Hall–Kier alpha value is -2.02. The summed E-state index contributed by atoms with van der Waals surface area (Å²) in [5.74, 6) is 0.443. The van der Waals surface area contributed by atoms with Gasteiger partial charge in [-0.2, -0.15) is 0 Å². The zero-order valence-electron chi connectivity index (χ0n) is 10.9. The maximum absolute atomic E-state index is 11.6. The summed E-state index contributed by atoms with van der Waals surface area (Å²) in [6.45, 7) is 0.568. The molecule has 0 bridgehead atoms. The Bertz CT molecular complexity index is 577. The number of urea groups is 1. The van der Waals surface area contributed by atoms with Crippen molar-refractivity contribution in [2.24, 2.45) is 0 Å². The molecule has 0 aliphatic heterocycles. The number of carbonyl (C=O) groups excluding carboxylic acids is 1. The van der Waals surface area contributed by atoms with E-state index in [4.69, 9.17) is 0 Å². The van der Waals surface area contributed by atoms with Crippen molar-refractivity contribution in [3.63, 3.8) is 0 Å². The van der Waals surface area contributed by atoms with Gasteiger partial charge in [-0.1, -0.05) is 0 Å². The first-order valence-corrected chi connectivity index (χ1v) is 7.41. The largest absolute Gasteiger partial charge is 0.337 e. The summed E-state index contributed by atoms with van der Waals surface area (Å²) in [5, 5.41) is 6.53. The Morgan fingerprint density at radius 2 is 2.30 bits per heavy atom. The highest BCUT2D eigenvalue weighted by Gasteiger charge is 2.16. The van der Waals surface area contributed by atoms with Crippen molar-refractivity contribution in [1.29, 1.82) is 0 Å². The van der Waals surface area contributed by atoms with Crippen LogP contribution in [0.3, 0.4) is 0 Å². The summed E-state index contributed by atoms with van der Waals surface area (Å²) in [6, 6.07) is -0.269.